The van der Waals surface area contributed by atoms with Crippen LogP contribution in [0.5, 0.6) is 0 Å². The molecule has 1 rings (SSSR count). The lowest BCUT2D eigenvalue weighted by molar-refractivity contribution is 0.472. The molecule has 96 valence electrons. The van der Waals surface area contributed by atoms with Crippen molar-refractivity contribution in [2.75, 3.05) is 24.2 Å². The first-order valence-electron chi connectivity index (χ1n) is 6.53. The molecule has 0 aliphatic heterocycles. The summed E-state index contributed by atoms with van der Waals surface area (Å²) in [6, 6.07) is 1.94. The monoisotopic (exact) mass is 236 g/mol. The number of hydrogen-bond donors (Lipinski definition) is 2. The second kappa shape index (κ2) is 7.87. The van der Waals surface area contributed by atoms with Crippen molar-refractivity contribution in [2.45, 2.75) is 39.5 Å². The third-order valence-corrected chi connectivity index (χ3v) is 3.04. The molecule has 0 fully saturated rings. The van der Waals surface area contributed by atoms with E-state index >= 15 is 0 Å². The van der Waals surface area contributed by atoms with Crippen LogP contribution >= 0.6 is 0 Å². The molecule has 0 spiro atoms. The van der Waals surface area contributed by atoms with E-state index in [0.717, 1.165) is 24.1 Å². The van der Waals surface area contributed by atoms with Gasteiger partial charge in [-0.3, -0.25) is 0 Å². The van der Waals surface area contributed by atoms with Crippen LogP contribution in [0.1, 0.15) is 39.5 Å². The molecular weight excluding hydrogens is 212 g/mol. The molecular formula is C13H24N4. The molecule has 1 aromatic rings. The van der Waals surface area contributed by atoms with Crippen LogP contribution < -0.4 is 10.6 Å². The van der Waals surface area contributed by atoms with Gasteiger partial charge in [-0.25, -0.2) is 9.97 Å². The SMILES string of the molecule is CCCC[C@H](CC)CNc1cc(NC)ncn1. The van der Waals surface area contributed by atoms with Gasteiger partial charge in [0.15, 0.2) is 0 Å². The Labute approximate surface area is 104 Å². The Morgan fingerprint density at radius 3 is 2.65 bits per heavy atom. The van der Waals surface area contributed by atoms with Crippen molar-refractivity contribution < 1.29 is 0 Å². The van der Waals surface area contributed by atoms with Gasteiger partial charge in [-0.05, 0) is 12.3 Å². The molecule has 0 bridgehead atoms. The lowest BCUT2D eigenvalue weighted by Gasteiger charge is -2.15. The molecule has 0 aliphatic rings. The zero-order valence-corrected chi connectivity index (χ0v) is 11.2. The summed E-state index contributed by atoms with van der Waals surface area (Å²) in [4.78, 5) is 8.30. The standard InChI is InChI=1S/C13H24N4/c1-4-6-7-11(5-2)9-15-13-8-12(14-3)16-10-17-13/h8,10-11H,4-7,9H2,1-3H3,(H2,14,15,16,17)/t11-/m0/s1. The van der Waals surface area contributed by atoms with Crippen LogP contribution in [0, 0.1) is 5.92 Å². The Morgan fingerprint density at radius 2 is 2.00 bits per heavy atom. The molecule has 0 amide bonds. The van der Waals surface area contributed by atoms with Crippen LogP contribution in [0.25, 0.3) is 0 Å². The summed E-state index contributed by atoms with van der Waals surface area (Å²) in [6.45, 7) is 5.49. The van der Waals surface area contributed by atoms with E-state index in [1.165, 1.54) is 25.7 Å². The van der Waals surface area contributed by atoms with Crippen LogP contribution in [0.3, 0.4) is 0 Å². The fourth-order valence-electron chi connectivity index (χ4n) is 1.78. The van der Waals surface area contributed by atoms with Crippen LogP contribution in [-0.2, 0) is 0 Å². The van der Waals surface area contributed by atoms with Crippen molar-refractivity contribution in [3.63, 3.8) is 0 Å². The summed E-state index contributed by atoms with van der Waals surface area (Å²) in [5.74, 6) is 2.49. The Morgan fingerprint density at radius 1 is 1.24 bits per heavy atom. The van der Waals surface area contributed by atoms with Gasteiger partial charge in [0.05, 0.1) is 0 Å². The summed E-state index contributed by atoms with van der Waals surface area (Å²) in [5.41, 5.74) is 0. The van der Waals surface area contributed by atoms with Gasteiger partial charge in [0.25, 0.3) is 0 Å². The minimum Gasteiger partial charge on any atom is -0.373 e. The maximum atomic E-state index is 4.21. The van der Waals surface area contributed by atoms with Gasteiger partial charge in [0, 0.05) is 19.7 Å². The smallest absolute Gasteiger partial charge is 0.131 e. The van der Waals surface area contributed by atoms with E-state index in [1.54, 1.807) is 6.33 Å². The first-order chi connectivity index (χ1) is 8.30. The van der Waals surface area contributed by atoms with Crippen LogP contribution in [0.2, 0.25) is 0 Å². The zero-order chi connectivity index (χ0) is 12.5. The molecule has 0 aliphatic carbocycles. The lowest BCUT2D eigenvalue weighted by Crippen LogP contribution is -2.14. The average molecular weight is 236 g/mol. The Hall–Kier alpha value is -1.32. The highest BCUT2D eigenvalue weighted by molar-refractivity contribution is 5.45. The summed E-state index contributed by atoms with van der Waals surface area (Å²) >= 11 is 0. The van der Waals surface area contributed by atoms with Crippen molar-refractivity contribution in [1.82, 2.24) is 9.97 Å². The van der Waals surface area contributed by atoms with E-state index in [9.17, 15) is 0 Å². The second-order valence-electron chi connectivity index (χ2n) is 4.34. The first-order valence-corrected chi connectivity index (χ1v) is 6.53. The Bertz CT molecular complexity index is 314. The fraction of sp³-hybridized carbons (Fsp3) is 0.692. The van der Waals surface area contributed by atoms with E-state index < -0.39 is 0 Å². The topological polar surface area (TPSA) is 49.8 Å². The van der Waals surface area contributed by atoms with Crippen molar-refractivity contribution in [3.05, 3.63) is 12.4 Å². The van der Waals surface area contributed by atoms with Gasteiger partial charge >= 0.3 is 0 Å². The summed E-state index contributed by atoms with van der Waals surface area (Å²) in [5, 5.41) is 6.40. The predicted octanol–water partition coefficient (Wildman–Crippen LogP) is 3.15. The third-order valence-electron chi connectivity index (χ3n) is 3.04. The van der Waals surface area contributed by atoms with Gasteiger partial charge in [-0.15, -0.1) is 0 Å². The number of nitrogens with one attached hydrogen (secondary N) is 2. The molecule has 0 unspecified atom stereocenters. The summed E-state index contributed by atoms with van der Waals surface area (Å²) in [6.07, 6.45) is 6.68. The number of aromatic nitrogens is 2. The zero-order valence-electron chi connectivity index (χ0n) is 11.2. The van der Waals surface area contributed by atoms with Gasteiger partial charge < -0.3 is 10.6 Å². The molecule has 17 heavy (non-hydrogen) atoms. The summed E-state index contributed by atoms with van der Waals surface area (Å²) < 4.78 is 0. The highest BCUT2D eigenvalue weighted by atomic mass is 15.1. The van der Waals surface area contributed by atoms with Crippen LogP contribution in [0.15, 0.2) is 12.4 Å². The minimum atomic E-state index is 0.739. The molecule has 4 heteroatoms. The molecule has 0 radical (unpaired) electrons. The van der Waals surface area contributed by atoms with Gasteiger partial charge in [0.2, 0.25) is 0 Å². The van der Waals surface area contributed by atoms with Crippen molar-refractivity contribution >= 4 is 11.6 Å². The van der Waals surface area contributed by atoms with E-state index in [2.05, 4.69) is 34.4 Å². The van der Waals surface area contributed by atoms with Gasteiger partial charge in [0.1, 0.15) is 18.0 Å². The van der Waals surface area contributed by atoms with E-state index in [1.807, 2.05) is 13.1 Å². The second-order valence-corrected chi connectivity index (χ2v) is 4.34. The molecule has 0 aromatic carbocycles. The number of anilines is 2. The normalized spacial score (nSPS) is 12.2. The molecule has 1 atom stereocenters. The number of hydrogen-bond acceptors (Lipinski definition) is 4. The molecule has 1 heterocycles. The molecule has 2 N–H and O–H groups in total. The molecule has 1 aromatic heterocycles. The highest BCUT2D eigenvalue weighted by Crippen LogP contribution is 2.14. The minimum absolute atomic E-state index is 0.739. The maximum absolute atomic E-state index is 4.21. The third kappa shape index (κ3) is 5.02. The van der Waals surface area contributed by atoms with Crippen molar-refractivity contribution in [1.29, 1.82) is 0 Å². The predicted molar refractivity (Wildman–Crippen MR) is 73.4 cm³/mol. The van der Waals surface area contributed by atoms with Crippen LogP contribution in [0.4, 0.5) is 11.6 Å². The lowest BCUT2D eigenvalue weighted by atomic mass is 9.99. The largest absolute Gasteiger partial charge is 0.373 e. The van der Waals surface area contributed by atoms with Gasteiger partial charge in [-0.1, -0.05) is 33.1 Å². The Kier molecular flexibility index (Phi) is 6.37. The molecule has 4 nitrogen and oxygen atoms in total. The molecule has 0 saturated heterocycles. The van der Waals surface area contributed by atoms with E-state index in [0.29, 0.717) is 0 Å². The molecule has 0 saturated carbocycles. The highest BCUT2D eigenvalue weighted by Gasteiger charge is 2.06. The van der Waals surface area contributed by atoms with Crippen LogP contribution in [-0.4, -0.2) is 23.6 Å². The quantitative estimate of drug-likeness (QED) is 0.728. The van der Waals surface area contributed by atoms with Crippen molar-refractivity contribution in [2.24, 2.45) is 5.92 Å². The number of rotatable bonds is 8. The van der Waals surface area contributed by atoms with Crippen molar-refractivity contribution in [3.8, 4) is 0 Å². The average Bonchev–Trinajstić information content (AvgIpc) is 2.39. The first kappa shape index (κ1) is 13.7. The number of unbranched alkanes of at least 4 members (excludes halogenated alkanes) is 1. The maximum Gasteiger partial charge on any atom is 0.131 e. The van der Waals surface area contributed by atoms with Gasteiger partial charge in [-0.2, -0.15) is 0 Å². The number of nitrogens with zero attached hydrogens (tertiary/aromatic N) is 2. The fourth-order valence-corrected chi connectivity index (χ4v) is 1.78. The summed E-state index contributed by atoms with van der Waals surface area (Å²) in [7, 11) is 1.86. The van der Waals surface area contributed by atoms with E-state index in [-0.39, 0.29) is 0 Å². The van der Waals surface area contributed by atoms with E-state index in [4.69, 9.17) is 0 Å². The Balaban J connectivity index is 2.41.